The summed E-state index contributed by atoms with van der Waals surface area (Å²) in [5, 5.41) is 3.11. The first-order valence-electron chi connectivity index (χ1n) is 12.3. The number of nitrogens with zero attached hydrogens (tertiary/aromatic N) is 1. The molecular formula is C30H34N2O4. The number of hydrogen-bond acceptors (Lipinski definition) is 5. The van der Waals surface area contributed by atoms with Crippen LogP contribution in [0.5, 0.6) is 11.5 Å². The summed E-state index contributed by atoms with van der Waals surface area (Å²) >= 11 is 0. The van der Waals surface area contributed by atoms with Crippen molar-refractivity contribution >= 4 is 22.7 Å². The molecule has 1 aliphatic rings. The summed E-state index contributed by atoms with van der Waals surface area (Å²) in [5.74, 6) is 1.70. The smallest absolute Gasteiger partial charge is 0.256 e. The van der Waals surface area contributed by atoms with Gasteiger partial charge in [-0.25, -0.2) is 0 Å². The maximum atomic E-state index is 13.8. The first kappa shape index (κ1) is 25.5. The highest BCUT2D eigenvalue weighted by molar-refractivity contribution is 6.31. The highest BCUT2D eigenvalue weighted by Gasteiger charge is 2.32. The largest absolute Gasteiger partial charge is 0.492 e. The van der Waals surface area contributed by atoms with Crippen LogP contribution in [0.2, 0.25) is 0 Å². The van der Waals surface area contributed by atoms with Gasteiger partial charge in [0.15, 0.2) is 6.79 Å². The molecule has 188 valence electrons. The van der Waals surface area contributed by atoms with Crippen LogP contribution in [0.1, 0.15) is 24.0 Å². The summed E-state index contributed by atoms with van der Waals surface area (Å²) in [6, 6.07) is 25.3. The monoisotopic (exact) mass is 486 g/mol. The van der Waals surface area contributed by atoms with Crippen LogP contribution in [0.25, 0.3) is 11.1 Å². The Morgan fingerprint density at radius 2 is 1.50 bits per heavy atom. The molecule has 0 heterocycles. The molecule has 1 amide bonds. The van der Waals surface area contributed by atoms with Crippen LogP contribution in [-0.4, -0.2) is 52.0 Å². The fourth-order valence-corrected chi connectivity index (χ4v) is 4.00. The summed E-state index contributed by atoms with van der Waals surface area (Å²) in [5.41, 5.74) is 4.43. The number of ether oxygens (including phenoxy) is 3. The lowest BCUT2D eigenvalue weighted by Crippen LogP contribution is -2.19. The van der Waals surface area contributed by atoms with Gasteiger partial charge in [-0.2, -0.15) is 0 Å². The number of amides is 1. The van der Waals surface area contributed by atoms with Crippen LogP contribution in [0.4, 0.5) is 5.69 Å². The van der Waals surface area contributed by atoms with Crippen molar-refractivity contribution in [2.75, 3.05) is 46.5 Å². The SMILES string of the molecule is COCOc1ccc(C(C(=O)Nc2ccc(OCCN(C)C)cc2)=C(c2ccccc2)C2CC2)cc1. The Balaban J connectivity index is 1.62. The summed E-state index contributed by atoms with van der Waals surface area (Å²) in [7, 11) is 5.61. The van der Waals surface area contributed by atoms with Crippen molar-refractivity contribution in [2.24, 2.45) is 5.92 Å². The van der Waals surface area contributed by atoms with Crippen LogP contribution in [0.15, 0.2) is 78.9 Å². The van der Waals surface area contributed by atoms with Gasteiger partial charge >= 0.3 is 0 Å². The summed E-state index contributed by atoms with van der Waals surface area (Å²) < 4.78 is 16.3. The van der Waals surface area contributed by atoms with Gasteiger partial charge in [0, 0.05) is 19.3 Å². The van der Waals surface area contributed by atoms with Crippen LogP contribution in [0.3, 0.4) is 0 Å². The third kappa shape index (κ3) is 6.97. The minimum atomic E-state index is -0.132. The van der Waals surface area contributed by atoms with Gasteiger partial charge in [0.05, 0.1) is 5.57 Å². The van der Waals surface area contributed by atoms with E-state index in [0.717, 1.165) is 47.5 Å². The maximum Gasteiger partial charge on any atom is 0.256 e. The van der Waals surface area contributed by atoms with Gasteiger partial charge in [0.2, 0.25) is 0 Å². The molecule has 0 radical (unpaired) electrons. The van der Waals surface area contributed by atoms with Crippen LogP contribution < -0.4 is 14.8 Å². The number of methoxy groups -OCH3 is 1. The first-order chi connectivity index (χ1) is 17.5. The fraction of sp³-hybridized carbons (Fsp3) is 0.300. The van der Waals surface area contributed by atoms with Crippen molar-refractivity contribution in [3.63, 3.8) is 0 Å². The lowest BCUT2D eigenvalue weighted by atomic mass is 9.90. The number of nitrogens with one attached hydrogen (secondary N) is 1. The molecule has 3 aromatic rings. The number of rotatable bonds is 12. The molecule has 6 nitrogen and oxygen atoms in total. The number of carbonyl (C=O) groups excluding carboxylic acids is 1. The second kappa shape index (κ2) is 12.4. The number of benzene rings is 3. The van der Waals surface area contributed by atoms with E-state index >= 15 is 0 Å². The Morgan fingerprint density at radius 3 is 2.11 bits per heavy atom. The summed E-state index contributed by atoms with van der Waals surface area (Å²) in [4.78, 5) is 15.9. The first-order valence-corrected chi connectivity index (χ1v) is 12.3. The molecule has 0 unspecified atom stereocenters. The Hall–Kier alpha value is -3.61. The van der Waals surface area contributed by atoms with Gasteiger partial charge in [-0.15, -0.1) is 0 Å². The number of likely N-dealkylation sites (N-methyl/N-ethyl adjacent to an activating group) is 1. The molecule has 1 saturated carbocycles. The lowest BCUT2D eigenvalue weighted by Gasteiger charge is -2.17. The molecule has 1 fully saturated rings. The number of carbonyl (C=O) groups is 1. The molecule has 36 heavy (non-hydrogen) atoms. The van der Waals surface area contributed by atoms with Crippen molar-refractivity contribution in [1.82, 2.24) is 4.90 Å². The summed E-state index contributed by atoms with van der Waals surface area (Å²) in [6.07, 6.45) is 2.16. The molecule has 0 atom stereocenters. The molecule has 0 saturated heterocycles. The van der Waals surface area contributed by atoms with E-state index in [-0.39, 0.29) is 12.7 Å². The van der Waals surface area contributed by atoms with E-state index in [4.69, 9.17) is 14.2 Å². The third-order valence-electron chi connectivity index (χ3n) is 5.97. The van der Waals surface area contributed by atoms with Crippen molar-refractivity contribution in [2.45, 2.75) is 12.8 Å². The zero-order valence-corrected chi connectivity index (χ0v) is 21.2. The van der Waals surface area contributed by atoms with E-state index in [2.05, 4.69) is 22.3 Å². The van der Waals surface area contributed by atoms with Gasteiger partial charge in [0.1, 0.15) is 18.1 Å². The summed E-state index contributed by atoms with van der Waals surface area (Å²) in [6.45, 7) is 1.62. The van der Waals surface area contributed by atoms with Crippen LogP contribution in [0, 0.1) is 5.92 Å². The van der Waals surface area contributed by atoms with Crippen molar-refractivity contribution in [3.8, 4) is 11.5 Å². The maximum absolute atomic E-state index is 13.8. The molecule has 0 aliphatic heterocycles. The average molecular weight is 487 g/mol. The minimum Gasteiger partial charge on any atom is -0.492 e. The van der Waals surface area contributed by atoms with E-state index in [1.807, 2.05) is 80.8 Å². The van der Waals surface area contributed by atoms with Crippen molar-refractivity contribution in [3.05, 3.63) is 90.0 Å². The number of hydrogen-bond donors (Lipinski definition) is 1. The van der Waals surface area contributed by atoms with Gasteiger partial charge in [-0.3, -0.25) is 4.79 Å². The zero-order valence-electron chi connectivity index (χ0n) is 21.2. The molecule has 0 bridgehead atoms. The van der Waals surface area contributed by atoms with E-state index in [1.165, 1.54) is 0 Å². The van der Waals surface area contributed by atoms with Crippen molar-refractivity contribution in [1.29, 1.82) is 0 Å². The number of allylic oxidation sites excluding steroid dienone is 1. The second-order valence-corrected chi connectivity index (χ2v) is 9.13. The Labute approximate surface area is 213 Å². The standard InChI is InChI=1S/C30H34N2O4/c1-32(2)19-20-35-26-17-13-25(14-18-26)31-30(33)29(24-11-15-27(16-12-24)36-21-34-3)28(23-9-10-23)22-7-5-4-6-8-22/h4-8,11-18,23H,9-10,19-21H2,1-3H3,(H,31,33). The number of anilines is 1. The molecule has 6 heteroatoms. The van der Waals surface area contributed by atoms with Gasteiger partial charge in [0.25, 0.3) is 5.91 Å². The molecule has 3 aromatic carbocycles. The molecular weight excluding hydrogens is 452 g/mol. The van der Waals surface area contributed by atoms with E-state index in [0.29, 0.717) is 23.8 Å². The highest BCUT2D eigenvalue weighted by atomic mass is 16.7. The minimum absolute atomic E-state index is 0.132. The molecule has 1 aliphatic carbocycles. The lowest BCUT2D eigenvalue weighted by molar-refractivity contribution is -0.111. The quantitative estimate of drug-likeness (QED) is 0.206. The van der Waals surface area contributed by atoms with Crippen LogP contribution in [-0.2, 0) is 9.53 Å². The topological polar surface area (TPSA) is 60.0 Å². The normalized spacial score (nSPS) is 13.8. The second-order valence-electron chi connectivity index (χ2n) is 9.13. The van der Waals surface area contributed by atoms with Gasteiger partial charge in [-0.05, 0) is 86.0 Å². The van der Waals surface area contributed by atoms with Gasteiger partial charge in [-0.1, -0.05) is 42.5 Å². The predicted octanol–water partition coefficient (Wildman–Crippen LogP) is 5.57. The fourth-order valence-electron chi connectivity index (χ4n) is 4.00. The average Bonchev–Trinajstić information content (AvgIpc) is 3.73. The molecule has 4 rings (SSSR count). The van der Waals surface area contributed by atoms with Gasteiger partial charge < -0.3 is 24.4 Å². The zero-order chi connectivity index (χ0) is 25.3. The molecule has 0 aromatic heterocycles. The molecule has 1 N–H and O–H groups in total. The Bertz CT molecular complexity index is 1150. The Morgan fingerprint density at radius 1 is 0.861 bits per heavy atom. The Kier molecular flexibility index (Phi) is 8.76. The highest BCUT2D eigenvalue weighted by Crippen LogP contribution is 2.46. The predicted molar refractivity (Wildman–Crippen MR) is 144 cm³/mol. The van der Waals surface area contributed by atoms with Crippen molar-refractivity contribution < 1.29 is 19.0 Å². The van der Waals surface area contributed by atoms with E-state index in [9.17, 15) is 4.79 Å². The third-order valence-corrected chi connectivity index (χ3v) is 5.97. The van der Waals surface area contributed by atoms with E-state index in [1.54, 1.807) is 7.11 Å². The molecule has 0 spiro atoms. The van der Waals surface area contributed by atoms with E-state index < -0.39 is 0 Å². The van der Waals surface area contributed by atoms with Crippen LogP contribution >= 0.6 is 0 Å².